The molecule has 1 aliphatic carbocycles. The number of nitrogens with zero attached hydrogens (tertiary/aromatic N) is 4. The van der Waals surface area contributed by atoms with Crippen molar-refractivity contribution >= 4 is 28.7 Å². The van der Waals surface area contributed by atoms with E-state index in [2.05, 4.69) is 15.0 Å². The maximum Gasteiger partial charge on any atom is 0.191 e. The van der Waals surface area contributed by atoms with Gasteiger partial charge in [-0.05, 0) is 12.7 Å². The Morgan fingerprint density at radius 2 is 2.09 bits per heavy atom. The van der Waals surface area contributed by atoms with Crippen LogP contribution in [0.4, 0.5) is 5.82 Å². The van der Waals surface area contributed by atoms with E-state index in [9.17, 15) is 15.3 Å². The highest BCUT2D eigenvalue weighted by atomic mass is 32.2. The summed E-state index contributed by atoms with van der Waals surface area (Å²) in [5, 5.41) is 30.1. The Morgan fingerprint density at radius 3 is 2.77 bits per heavy atom. The summed E-state index contributed by atoms with van der Waals surface area (Å²) in [5.41, 5.74) is 6.96. The first kappa shape index (κ1) is 15.5. The van der Waals surface area contributed by atoms with Crippen LogP contribution in [0, 0.1) is 5.92 Å². The van der Waals surface area contributed by atoms with Crippen molar-refractivity contribution in [1.29, 1.82) is 0 Å². The van der Waals surface area contributed by atoms with Crippen LogP contribution in [0.3, 0.4) is 0 Å². The highest BCUT2D eigenvalue weighted by molar-refractivity contribution is 7.98. The van der Waals surface area contributed by atoms with Crippen LogP contribution >= 0.6 is 11.8 Å². The summed E-state index contributed by atoms with van der Waals surface area (Å²) in [6, 6.07) is -0.311. The van der Waals surface area contributed by atoms with Gasteiger partial charge in [0.2, 0.25) is 0 Å². The van der Waals surface area contributed by atoms with E-state index < -0.39 is 12.2 Å². The smallest absolute Gasteiger partial charge is 0.191 e. The lowest BCUT2D eigenvalue weighted by Crippen LogP contribution is -2.41. The number of aliphatic hydroxyl groups is 3. The van der Waals surface area contributed by atoms with E-state index in [1.54, 1.807) is 10.9 Å². The predicted octanol–water partition coefficient (Wildman–Crippen LogP) is -0.204. The summed E-state index contributed by atoms with van der Waals surface area (Å²) in [6.45, 7) is -0.121. The summed E-state index contributed by atoms with van der Waals surface area (Å²) >= 11 is 1.38. The van der Waals surface area contributed by atoms with Crippen molar-refractivity contribution in [2.75, 3.05) is 18.6 Å². The minimum absolute atomic E-state index is 0.121. The van der Waals surface area contributed by atoms with Crippen LogP contribution in [0.5, 0.6) is 0 Å². The lowest BCUT2D eigenvalue weighted by Gasteiger charge is -2.36. The first-order valence-corrected chi connectivity index (χ1v) is 8.28. The van der Waals surface area contributed by atoms with E-state index in [0.29, 0.717) is 28.6 Å². The molecule has 0 aliphatic heterocycles. The van der Waals surface area contributed by atoms with E-state index in [-0.39, 0.29) is 25.0 Å². The molecule has 22 heavy (non-hydrogen) atoms. The van der Waals surface area contributed by atoms with Gasteiger partial charge >= 0.3 is 0 Å². The number of anilines is 1. The van der Waals surface area contributed by atoms with Crippen LogP contribution in [0.25, 0.3) is 11.2 Å². The molecule has 4 atom stereocenters. The van der Waals surface area contributed by atoms with Crippen molar-refractivity contribution in [1.82, 2.24) is 19.5 Å². The number of nitrogens with two attached hydrogens (primary N) is 1. The third-order valence-electron chi connectivity index (χ3n) is 4.22. The molecule has 0 radical (unpaired) electrons. The van der Waals surface area contributed by atoms with Gasteiger partial charge in [-0.1, -0.05) is 11.8 Å². The van der Waals surface area contributed by atoms with Crippen molar-refractivity contribution in [2.24, 2.45) is 5.92 Å². The van der Waals surface area contributed by atoms with Gasteiger partial charge in [-0.3, -0.25) is 0 Å². The molecule has 120 valence electrons. The average Bonchev–Trinajstić information content (AvgIpc) is 2.91. The quantitative estimate of drug-likeness (QED) is 0.451. The SMILES string of the molecule is CSc1nc(N)c2ncn(C3CC(CO)C(O)CC3O)c2n1. The van der Waals surface area contributed by atoms with Crippen LogP contribution in [-0.2, 0) is 0 Å². The number of nitrogen functional groups attached to an aromatic ring is 1. The zero-order valence-corrected chi connectivity index (χ0v) is 12.9. The van der Waals surface area contributed by atoms with Crippen molar-refractivity contribution in [2.45, 2.75) is 36.2 Å². The van der Waals surface area contributed by atoms with Crippen molar-refractivity contribution < 1.29 is 15.3 Å². The second-order valence-corrected chi connectivity index (χ2v) is 6.31. The van der Waals surface area contributed by atoms with Gasteiger partial charge < -0.3 is 25.6 Å². The molecule has 8 nitrogen and oxygen atoms in total. The molecule has 0 amide bonds. The van der Waals surface area contributed by atoms with Crippen LogP contribution in [-0.4, -0.2) is 59.9 Å². The summed E-state index contributed by atoms with van der Waals surface area (Å²) in [6.07, 6.45) is 2.67. The van der Waals surface area contributed by atoms with Gasteiger partial charge in [0.1, 0.15) is 5.52 Å². The summed E-state index contributed by atoms with van der Waals surface area (Å²) in [4.78, 5) is 12.8. The molecule has 5 N–H and O–H groups in total. The second-order valence-electron chi connectivity index (χ2n) is 5.54. The van der Waals surface area contributed by atoms with E-state index >= 15 is 0 Å². The molecular weight excluding hydrogens is 306 g/mol. The molecule has 9 heteroatoms. The molecule has 4 unspecified atom stereocenters. The third-order valence-corrected chi connectivity index (χ3v) is 4.77. The first-order chi connectivity index (χ1) is 10.5. The lowest BCUT2D eigenvalue weighted by atomic mass is 9.82. The van der Waals surface area contributed by atoms with Gasteiger partial charge in [0.25, 0.3) is 0 Å². The van der Waals surface area contributed by atoms with E-state index in [4.69, 9.17) is 5.73 Å². The van der Waals surface area contributed by atoms with Gasteiger partial charge in [0.15, 0.2) is 16.6 Å². The molecule has 0 spiro atoms. The summed E-state index contributed by atoms with van der Waals surface area (Å²) < 4.78 is 1.77. The number of aliphatic hydroxyl groups excluding tert-OH is 3. The third kappa shape index (κ3) is 2.54. The molecule has 0 saturated heterocycles. The molecule has 1 fully saturated rings. The molecule has 2 heterocycles. The Balaban J connectivity index is 2.04. The van der Waals surface area contributed by atoms with E-state index in [0.717, 1.165) is 0 Å². The number of rotatable bonds is 3. The Morgan fingerprint density at radius 1 is 1.32 bits per heavy atom. The predicted molar refractivity (Wildman–Crippen MR) is 82.4 cm³/mol. The lowest BCUT2D eigenvalue weighted by molar-refractivity contribution is -0.0442. The Bertz CT molecular complexity index is 679. The van der Waals surface area contributed by atoms with Crippen LogP contribution in [0.1, 0.15) is 18.9 Å². The van der Waals surface area contributed by atoms with Gasteiger partial charge in [-0.25, -0.2) is 15.0 Å². The van der Waals surface area contributed by atoms with Crippen LogP contribution in [0.15, 0.2) is 11.5 Å². The Labute approximate surface area is 131 Å². The van der Waals surface area contributed by atoms with Crippen molar-refractivity contribution in [3.63, 3.8) is 0 Å². The summed E-state index contributed by atoms with van der Waals surface area (Å²) in [5.74, 6) is 0.0298. The number of aromatic nitrogens is 4. The average molecular weight is 325 g/mol. The number of imidazole rings is 1. The van der Waals surface area contributed by atoms with Crippen molar-refractivity contribution in [3.8, 4) is 0 Å². The number of thioether (sulfide) groups is 1. The maximum absolute atomic E-state index is 10.3. The highest BCUT2D eigenvalue weighted by Crippen LogP contribution is 2.35. The van der Waals surface area contributed by atoms with Crippen LogP contribution in [0.2, 0.25) is 0 Å². The van der Waals surface area contributed by atoms with Gasteiger partial charge in [0, 0.05) is 18.9 Å². The molecule has 0 aromatic carbocycles. The first-order valence-electron chi connectivity index (χ1n) is 7.06. The van der Waals surface area contributed by atoms with Gasteiger partial charge in [0.05, 0.1) is 24.6 Å². The largest absolute Gasteiger partial charge is 0.396 e. The minimum Gasteiger partial charge on any atom is -0.396 e. The molecule has 3 rings (SSSR count). The van der Waals surface area contributed by atoms with Gasteiger partial charge in [-0.2, -0.15) is 0 Å². The fourth-order valence-corrected chi connectivity index (χ4v) is 3.34. The van der Waals surface area contributed by atoms with E-state index in [1.165, 1.54) is 11.8 Å². The molecule has 2 aromatic heterocycles. The molecular formula is C13H19N5O3S. The second kappa shape index (κ2) is 5.99. The highest BCUT2D eigenvalue weighted by Gasteiger charge is 2.36. The Kier molecular flexibility index (Phi) is 4.22. The van der Waals surface area contributed by atoms with Gasteiger partial charge in [-0.15, -0.1) is 0 Å². The van der Waals surface area contributed by atoms with E-state index in [1.807, 2.05) is 6.26 Å². The van der Waals surface area contributed by atoms with Crippen LogP contribution < -0.4 is 5.73 Å². The Hall–Kier alpha value is -1.42. The molecule has 1 aliphatic rings. The fraction of sp³-hybridized carbons (Fsp3) is 0.615. The standard InChI is InChI=1S/C13H19N5O3S/c1-22-13-16-11(14)10-12(17-13)18(5-15-10)7-2-6(4-19)8(20)3-9(7)21/h5-9,19-21H,2-4H2,1H3,(H2,14,16,17). The molecule has 0 bridgehead atoms. The number of hydrogen-bond acceptors (Lipinski definition) is 8. The molecule has 2 aromatic rings. The monoisotopic (exact) mass is 325 g/mol. The molecule has 1 saturated carbocycles. The normalized spacial score (nSPS) is 29.1. The number of hydrogen-bond donors (Lipinski definition) is 4. The zero-order chi connectivity index (χ0) is 15.9. The fourth-order valence-electron chi connectivity index (χ4n) is 2.97. The topological polar surface area (TPSA) is 130 Å². The minimum atomic E-state index is -0.732. The maximum atomic E-state index is 10.3. The number of fused-ring (bicyclic) bond motifs is 1. The zero-order valence-electron chi connectivity index (χ0n) is 12.1. The van der Waals surface area contributed by atoms with Crippen molar-refractivity contribution in [3.05, 3.63) is 6.33 Å². The summed E-state index contributed by atoms with van der Waals surface area (Å²) in [7, 11) is 0.